The fourth-order valence-electron chi connectivity index (χ4n) is 1.39. The molecule has 0 unspecified atom stereocenters. The van der Waals surface area contributed by atoms with E-state index in [1.165, 1.54) is 4.31 Å². The third-order valence-corrected chi connectivity index (χ3v) is 5.15. The first-order valence-electron chi connectivity index (χ1n) is 5.47. The molecule has 0 saturated carbocycles. The van der Waals surface area contributed by atoms with Crippen LogP contribution in [0.25, 0.3) is 0 Å². The van der Waals surface area contributed by atoms with Crippen molar-refractivity contribution in [2.75, 3.05) is 11.4 Å². The Balaban J connectivity index is 3.09. The van der Waals surface area contributed by atoms with E-state index in [-0.39, 0.29) is 0 Å². The molecule has 0 aliphatic carbocycles. The zero-order valence-corrected chi connectivity index (χ0v) is 11.6. The van der Waals surface area contributed by atoms with Crippen LogP contribution in [0, 0.1) is 0 Å². The predicted molar refractivity (Wildman–Crippen MR) is 71.4 cm³/mol. The minimum absolute atomic E-state index is 0.454. The van der Waals surface area contributed by atoms with Gasteiger partial charge in [0.25, 0.3) is 0 Å². The molecule has 0 heterocycles. The summed E-state index contributed by atoms with van der Waals surface area (Å²) in [6.07, 6.45) is 0. The Morgan fingerprint density at radius 2 is 1.65 bits per heavy atom. The van der Waals surface area contributed by atoms with Crippen molar-refractivity contribution < 1.29 is 8.42 Å². The van der Waals surface area contributed by atoms with Gasteiger partial charge in [0.1, 0.15) is 0 Å². The van der Waals surface area contributed by atoms with Crippen molar-refractivity contribution in [2.45, 2.75) is 32.1 Å². The van der Waals surface area contributed by atoms with E-state index in [4.69, 9.17) is 5.73 Å². The number of benzene rings is 1. The van der Waals surface area contributed by atoms with Crippen LogP contribution in [-0.2, 0) is 16.6 Å². The van der Waals surface area contributed by atoms with Crippen LogP contribution in [0.5, 0.6) is 0 Å². The summed E-state index contributed by atoms with van der Waals surface area (Å²) in [4.78, 5) is 0. The third kappa shape index (κ3) is 2.79. The molecule has 17 heavy (non-hydrogen) atoms. The van der Waals surface area contributed by atoms with E-state index >= 15 is 0 Å². The highest BCUT2D eigenvalue weighted by Crippen LogP contribution is 2.24. The number of rotatable bonds is 3. The molecule has 0 aromatic heterocycles. The first kappa shape index (κ1) is 14.0. The first-order valence-corrected chi connectivity index (χ1v) is 6.91. The molecule has 0 radical (unpaired) electrons. The normalized spacial score (nSPS) is 12.5. The smallest absolute Gasteiger partial charge is 0.239 e. The predicted octanol–water partition coefficient (Wildman–Crippen LogP) is 1.71. The molecule has 0 bridgehead atoms. The Morgan fingerprint density at radius 3 is 2.00 bits per heavy atom. The Hall–Kier alpha value is -1.07. The van der Waals surface area contributed by atoms with Crippen molar-refractivity contribution in [1.82, 2.24) is 0 Å². The van der Waals surface area contributed by atoms with Crippen LogP contribution in [0.1, 0.15) is 26.3 Å². The van der Waals surface area contributed by atoms with Crippen LogP contribution in [0.3, 0.4) is 0 Å². The van der Waals surface area contributed by atoms with Gasteiger partial charge in [-0.05, 0) is 38.5 Å². The summed E-state index contributed by atoms with van der Waals surface area (Å²) in [7, 11) is -1.78. The van der Waals surface area contributed by atoms with Crippen molar-refractivity contribution >= 4 is 15.7 Å². The molecule has 0 spiro atoms. The molecule has 2 N–H and O–H groups in total. The minimum Gasteiger partial charge on any atom is -0.326 e. The fourth-order valence-corrected chi connectivity index (χ4v) is 2.61. The second-order valence-corrected chi connectivity index (χ2v) is 7.68. The van der Waals surface area contributed by atoms with Gasteiger partial charge in [0, 0.05) is 13.6 Å². The van der Waals surface area contributed by atoms with E-state index in [1.807, 2.05) is 12.1 Å². The SMILES string of the molecule is CN(c1ccc(CN)cc1)S(=O)(=O)C(C)(C)C. The summed E-state index contributed by atoms with van der Waals surface area (Å²) in [6.45, 7) is 5.52. The zero-order valence-electron chi connectivity index (χ0n) is 10.8. The molecule has 0 aliphatic heterocycles. The van der Waals surface area contributed by atoms with Crippen molar-refractivity contribution in [2.24, 2.45) is 5.73 Å². The van der Waals surface area contributed by atoms with Gasteiger partial charge in [-0.2, -0.15) is 0 Å². The van der Waals surface area contributed by atoms with Gasteiger partial charge in [-0.25, -0.2) is 8.42 Å². The first-order chi connectivity index (χ1) is 7.70. The molecule has 0 amide bonds. The summed E-state index contributed by atoms with van der Waals surface area (Å²) >= 11 is 0. The number of hydrogen-bond acceptors (Lipinski definition) is 3. The standard InChI is InChI=1S/C12H20N2O2S/c1-12(2,3)17(15,16)14(4)11-7-5-10(9-13)6-8-11/h5-8H,9,13H2,1-4H3. The lowest BCUT2D eigenvalue weighted by Crippen LogP contribution is -2.40. The highest BCUT2D eigenvalue weighted by atomic mass is 32.2. The van der Waals surface area contributed by atoms with Crippen LogP contribution in [-0.4, -0.2) is 20.2 Å². The maximum absolute atomic E-state index is 12.2. The molecule has 0 fully saturated rings. The molecular formula is C12H20N2O2S. The van der Waals surface area contributed by atoms with Crippen LogP contribution >= 0.6 is 0 Å². The average molecular weight is 256 g/mol. The van der Waals surface area contributed by atoms with Crippen molar-refractivity contribution in [3.05, 3.63) is 29.8 Å². The molecule has 5 heteroatoms. The van der Waals surface area contributed by atoms with Crippen molar-refractivity contribution in [3.63, 3.8) is 0 Å². The third-order valence-electron chi connectivity index (χ3n) is 2.67. The lowest BCUT2D eigenvalue weighted by atomic mass is 10.2. The van der Waals surface area contributed by atoms with E-state index in [1.54, 1.807) is 40.0 Å². The second kappa shape index (κ2) is 4.66. The van der Waals surface area contributed by atoms with E-state index in [0.717, 1.165) is 5.56 Å². The molecule has 96 valence electrons. The van der Waals surface area contributed by atoms with Crippen LogP contribution in [0.2, 0.25) is 0 Å². The Labute approximate surface area is 103 Å². The Morgan fingerprint density at radius 1 is 1.18 bits per heavy atom. The fraction of sp³-hybridized carbons (Fsp3) is 0.500. The van der Waals surface area contributed by atoms with E-state index in [0.29, 0.717) is 12.2 Å². The number of hydrogen-bond donors (Lipinski definition) is 1. The number of nitrogens with two attached hydrogens (primary N) is 1. The molecule has 1 aromatic carbocycles. The molecule has 0 saturated heterocycles. The van der Waals surface area contributed by atoms with Gasteiger partial charge in [0.2, 0.25) is 10.0 Å². The van der Waals surface area contributed by atoms with Gasteiger partial charge in [0.15, 0.2) is 0 Å². The van der Waals surface area contributed by atoms with Crippen LogP contribution in [0.4, 0.5) is 5.69 Å². The lowest BCUT2D eigenvalue weighted by Gasteiger charge is -2.28. The molecule has 0 atom stereocenters. The van der Waals surface area contributed by atoms with Crippen molar-refractivity contribution in [3.8, 4) is 0 Å². The Kier molecular flexibility index (Phi) is 3.84. The largest absolute Gasteiger partial charge is 0.326 e. The van der Waals surface area contributed by atoms with Gasteiger partial charge in [-0.3, -0.25) is 4.31 Å². The molecule has 0 aliphatic rings. The summed E-state index contributed by atoms with van der Waals surface area (Å²) in [5.41, 5.74) is 7.13. The van der Waals surface area contributed by atoms with Crippen molar-refractivity contribution in [1.29, 1.82) is 0 Å². The zero-order chi connectivity index (χ0) is 13.3. The monoisotopic (exact) mass is 256 g/mol. The number of anilines is 1. The van der Waals surface area contributed by atoms with Crippen LogP contribution < -0.4 is 10.0 Å². The molecule has 4 nitrogen and oxygen atoms in total. The highest BCUT2D eigenvalue weighted by molar-refractivity contribution is 7.94. The number of sulfonamides is 1. The molecule has 1 aromatic rings. The van der Waals surface area contributed by atoms with E-state index < -0.39 is 14.8 Å². The number of nitrogens with zero attached hydrogens (tertiary/aromatic N) is 1. The van der Waals surface area contributed by atoms with Gasteiger partial charge < -0.3 is 5.73 Å². The van der Waals surface area contributed by atoms with E-state index in [9.17, 15) is 8.42 Å². The van der Waals surface area contributed by atoms with Crippen LogP contribution in [0.15, 0.2) is 24.3 Å². The second-order valence-electron chi connectivity index (χ2n) is 4.96. The summed E-state index contributed by atoms with van der Waals surface area (Å²) < 4.78 is 24.9. The lowest BCUT2D eigenvalue weighted by molar-refractivity contribution is 0.558. The summed E-state index contributed by atoms with van der Waals surface area (Å²) in [5.74, 6) is 0. The summed E-state index contributed by atoms with van der Waals surface area (Å²) in [5, 5.41) is 0. The maximum atomic E-state index is 12.2. The van der Waals surface area contributed by atoms with Gasteiger partial charge in [-0.1, -0.05) is 12.1 Å². The highest BCUT2D eigenvalue weighted by Gasteiger charge is 2.33. The molecule has 1 rings (SSSR count). The molecular weight excluding hydrogens is 236 g/mol. The minimum atomic E-state index is -3.35. The quantitative estimate of drug-likeness (QED) is 0.895. The summed E-state index contributed by atoms with van der Waals surface area (Å²) in [6, 6.07) is 7.21. The average Bonchev–Trinajstić information content (AvgIpc) is 2.26. The maximum Gasteiger partial charge on any atom is 0.239 e. The van der Waals surface area contributed by atoms with Gasteiger partial charge >= 0.3 is 0 Å². The van der Waals surface area contributed by atoms with Gasteiger partial charge in [-0.15, -0.1) is 0 Å². The Bertz CT molecular complexity index is 472. The topological polar surface area (TPSA) is 63.4 Å². The van der Waals surface area contributed by atoms with Gasteiger partial charge in [0.05, 0.1) is 10.4 Å². The van der Waals surface area contributed by atoms with E-state index in [2.05, 4.69) is 0 Å².